The predicted molar refractivity (Wildman–Crippen MR) is 63.1 cm³/mol. The van der Waals surface area contributed by atoms with E-state index in [1.165, 1.54) is 12.8 Å². The van der Waals surface area contributed by atoms with E-state index >= 15 is 0 Å². The highest BCUT2D eigenvalue weighted by Crippen LogP contribution is 2.17. The van der Waals surface area contributed by atoms with Gasteiger partial charge in [-0.15, -0.1) is 0 Å². The summed E-state index contributed by atoms with van der Waals surface area (Å²) in [6, 6.07) is 0.386. The molecule has 0 bridgehead atoms. The highest BCUT2D eigenvalue weighted by molar-refractivity contribution is 5.78. The summed E-state index contributed by atoms with van der Waals surface area (Å²) in [6.45, 7) is 0.855. The van der Waals surface area contributed by atoms with E-state index in [1.807, 2.05) is 7.05 Å². The van der Waals surface area contributed by atoms with Gasteiger partial charge in [-0.05, 0) is 12.8 Å². The van der Waals surface area contributed by atoms with E-state index in [0.717, 1.165) is 12.8 Å². The number of carbonyl (C=O) groups excluding carboxylic acids is 1. The number of aryl methyl sites for hydroxylation is 1. The van der Waals surface area contributed by atoms with Gasteiger partial charge in [0, 0.05) is 13.1 Å². The number of rotatable bonds is 5. The second kappa shape index (κ2) is 5.77. The van der Waals surface area contributed by atoms with Crippen molar-refractivity contribution in [3.05, 3.63) is 12.2 Å². The van der Waals surface area contributed by atoms with Crippen molar-refractivity contribution >= 4 is 5.91 Å². The fourth-order valence-corrected chi connectivity index (χ4v) is 2.10. The first kappa shape index (κ1) is 12.0. The van der Waals surface area contributed by atoms with E-state index < -0.39 is 0 Å². The van der Waals surface area contributed by atoms with Crippen LogP contribution >= 0.6 is 0 Å². The maximum Gasteiger partial charge on any atom is 0.234 e. The van der Waals surface area contributed by atoms with Crippen LogP contribution < -0.4 is 10.6 Å². The lowest BCUT2D eigenvalue weighted by molar-refractivity contribution is -0.120. The summed E-state index contributed by atoms with van der Waals surface area (Å²) in [5.74, 6) is 0.772. The fraction of sp³-hybridized carbons (Fsp3) is 0.727. The van der Waals surface area contributed by atoms with Crippen molar-refractivity contribution < 1.29 is 4.79 Å². The number of aromatic nitrogens is 3. The van der Waals surface area contributed by atoms with Gasteiger partial charge in [0.15, 0.2) is 5.82 Å². The van der Waals surface area contributed by atoms with Gasteiger partial charge < -0.3 is 10.6 Å². The van der Waals surface area contributed by atoms with Crippen molar-refractivity contribution in [1.82, 2.24) is 25.4 Å². The van der Waals surface area contributed by atoms with Gasteiger partial charge in [0.2, 0.25) is 5.91 Å². The van der Waals surface area contributed by atoms with E-state index in [0.29, 0.717) is 25.0 Å². The fourth-order valence-electron chi connectivity index (χ4n) is 2.10. The van der Waals surface area contributed by atoms with Gasteiger partial charge in [-0.2, -0.15) is 5.10 Å². The third kappa shape index (κ3) is 3.81. The van der Waals surface area contributed by atoms with E-state index in [4.69, 9.17) is 0 Å². The van der Waals surface area contributed by atoms with Gasteiger partial charge >= 0.3 is 0 Å². The second-order valence-electron chi connectivity index (χ2n) is 4.49. The van der Waals surface area contributed by atoms with Crippen molar-refractivity contribution in [2.24, 2.45) is 7.05 Å². The minimum absolute atomic E-state index is 0.0628. The van der Waals surface area contributed by atoms with Crippen LogP contribution in [0.4, 0.5) is 0 Å². The van der Waals surface area contributed by atoms with Gasteiger partial charge in [-0.1, -0.05) is 12.8 Å². The first-order valence-electron chi connectivity index (χ1n) is 6.08. The maximum atomic E-state index is 11.6. The lowest BCUT2D eigenvalue weighted by atomic mass is 10.2. The molecule has 1 fully saturated rings. The summed E-state index contributed by atoms with van der Waals surface area (Å²) in [7, 11) is 1.82. The van der Waals surface area contributed by atoms with E-state index in [9.17, 15) is 4.79 Å². The lowest BCUT2D eigenvalue weighted by Gasteiger charge is -2.11. The number of nitrogens with zero attached hydrogens (tertiary/aromatic N) is 3. The van der Waals surface area contributed by atoms with Crippen LogP contribution in [0.5, 0.6) is 0 Å². The van der Waals surface area contributed by atoms with Crippen molar-refractivity contribution in [3.8, 4) is 0 Å². The maximum absolute atomic E-state index is 11.6. The Morgan fingerprint density at radius 3 is 2.94 bits per heavy atom. The SMILES string of the molecule is Cn1cnc(CNCC(=O)NC2CCCC2)n1. The summed E-state index contributed by atoms with van der Waals surface area (Å²) < 4.78 is 1.65. The minimum Gasteiger partial charge on any atom is -0.352 e. The monoisotopic (exact) mass is 237 g/mol. The molecule has 1 aliphatic rings. The van der Waals surface area contributed by atoms with Crippen LogP contribution in [0.2, 0.25) is 0 Å². The average Bonchev–Trinajstić information content (AvgIpc) is 2.90. The van der Waals surface area contributed by atoms with E-state index in [2.05, 4.69) is 20.7 Å². The third-order valence-electron chi connectivity index (χ3n) is 2.94. The molecule has 2 N–H and O–H groups in total. The molecule has 1 aliphatic carbocycles. The first-order chi connectivity index (χ1) is 8.24. The topological polar surface area (TPSA) is 71.8 Å². The zero-order valence-electron chi connectivity index (χ0n) is 10.1. The van der Waals surface area contributed by atoms with E-state index in [1.54, 1.807) is 11.0 Å². The Morgan fingerprint density at radius 2 is 2.29 bits per heavy atom. The Bertz CT molecular complexity index is 370. The highest BCUT2D eigenvalue weighted by Gasteiger charge is 2.16. The van der Waals surface area contributed by atoms with Crippen molar-refractivity contribution in [3.63, 3.8) is 0 Å². The molecule has 2 rings (SSSR count). The Kier molecular flexibility index (Phi) is 4.08. The molecule has 0 saturated heterocycles. The van der Waals surface area contributed by atoms with Gasteiger partial charge in [0.05, 0.1) is 13.1 Å². The molecule has 0 aromatic carbocycles. The van der Waals surface area contributed by atoms with E-state index in [-0.39, 0.29) is 5.91 Å². The van der Waals surface area contributed by atoms with Crippen LogP contribution in [0.3, 0.4) is 0 Å². The van der Waals surface area contributed by atoms with Gasteiger partial charge in [-0.3, -0.25) is 9.48 Å². The summed E-state index contributed by atoms with van der Waals surface area (Å²) >= 11 is 0. The molecule has 6 nitrogen and oxygen atoms in total. The van der Waals surface area contributed by atoms with Crippen LogP contribution in [0.25, 0.3) is 0 Å². The number of amides is 1. The second-order valence-corrected chi connectivity index (χ2v) is 4.49. The average molecular weight is 237 g/mol. The molecular weight excluding hydrogens is 218 g/mol. The molecule has 0 aliphatic heterocycles. The summed E-state index contributed by atoms with van der Waals surface area (Å²) in [6.07, 6.45) is 6.35. The minimum atomic E-state index is 0.0628. The molecule has 6 heteroatoms. The van der Waals surface area contributed by atoms with Crippen molar-refractivity contribution in [2.45, 2.75) is 38.3 Å². The Morgan fingerprint density at radius 1 is 1.53 bits per heavy atom. The molecule has 0 atom stereocenters. The lowest BCUT2D eigenvalue weighted by Crippen LogP contribution is -2.39. The molecule has 1 saturated carbocycles. The number of hydrogen-bond donors (Lipinski definition) is 2. The molecule has 0 unspecified atom stereocenters. The standard InChI is InChI=1S/C11H19N5O/c1-16-8-13-10(15-16)6-12-7-11(17)14-9-4-2-3-5-9/h8-9,12H,2-7H2,1H3,(H,14,17). The number of hydrogen-bond acceptors (Lipinski definition) is 4. The zero-order valence-corrected chi connectivity index (χ0v) is 10.1. The molecule has 94 valence electrons. The molecular formula is C11H19N5O. The first-order valence-corrected chi connectivity index (χ1v) is 6.08. The Balaban J connectivity index is 1.62. The highest BCUT2D eigenvalue weighted by atomic mass is 16.1. The van der Waals surface area contributed by atoms with Gasteiger partial charge in [-0.25, -0.2) is 4.98 Å². The Labute approximate surface area is 101 Å². The Hall–Kier alpha value is -1.43. The van der Waals surface area contributed by atoms with Crippen molar-refractivity contribution in [1.29, 1.82) is 0 Å². The predicted octanol–water partition coefficient (Wildman–Crippen LogP) is -0.0365. The van der Waals surface area contributed by atoms with Gasteiger partial charge in [0.1, 0.15) is 6.33 Å². The molecule has 0 spiro atoms. The number of carbonyl (C=O) groups is 1. The van der Waals surface area contributed by atoms with Crippen LogP contribution in [-0.2, 0) is 18.4 Å². The zero-order chi connectivity index (χ0) is 12.1. The molecule has 1 aromatic rings. The largest absolute Gasteiger partial charge is 0.352 e. The molecule has 1 heterocycles. The summed E-state index contributed by atoms with van der Waals surface area (Å²) in [5.41, 5.74) is 0. The van der Waals surface area contributed by atoms with Crippen LogP contribution in [-0.4, -0.2) is 33.3 Å². The van der Waals surface area contributed by atoms with Crippen LogP contribution in [0.15, 0.2) is 6.33 Å². The molecule has 17 heavy (non-hydrogen) atoms. The van der Waals surface area contributed by atoms with Crippen LogP contribution in [0, 0.1) is 0 Å². The molecule has 0 radical (unpaired) electrons. The molecule has 1 amide bonds. The van der Waals surface area contributed by atoms with Crippen molar-refractivity contribution in [2.75, 3.05) is 6.54 Å². The smallest absolute Gasteiger partial charge is 0.234 e. The van der Waals surface area contributed by atoms with Gasteiger partial charge in [0.25, 0.3) is 0 Å². The summed E-state index contributed by atoms with van der Waals surface area (Å²) in [5, 5.41) is 10.2. The van der Waals surface area contributed by atoms with Crippen LogP contribution in [0.1, 0.15) is 31.5 Å². The normalized spacial score (nSPS) is 16.3. The third-order valence-corrected chi connectivity index (χ3v) is 2.94. The quantitative estimate of drug-likeness (QED) is 0.754. The number of nitrogens with one attached hydrogen (secondary N) is 2. The molecule has 1 aromatic heterocycles. The summed E-state index contributed by atoms with van der Waals surface area (Å²) in [4.78, 5) is 15.6.